The van der Waals surface area contributed by atoms with E-state index < -0.39 is 5.82 Å². The summed E-state index contributed by atoms with van der Waals surface area (Å²) in [6.07, 6.45) is 4.41. The number of halogens is 1. The van der Waals surface area contributed by atoms with E-state index in [1.165, 1.54) is 18.5 Å². The average Bonchev–Trinajstić information content (AvgIpc) is 2.94. The summed E-state index contributed by atoms with van der Waals surface area (Å²) in [6, 6.07) is 7.86. The fraction of sp³-hybridized carbons (Fsp3) is 0. The number of benzene rings is 1. The fourth-order valence-electron chi connectivity index (χ4n) is 1.53. The minimum atomic E-state index is -0.501. The second-order valence-corrected chi connectivity index (χ2v) is 3.63. The molecule has 0 bridgehead atoms. The van der Waals surface area contributed by atoms with Gasteiger partial charge in [-0.2, -0.15) is 0 Å². The molecule has 0 spiro atoms. The smallest absolute Gasteiger partial charge is 0.162 e. The third kappa shape index (κ3) is 2.39. The summed E-state index contributed by atoms with van der Waals surface area (Å²) in [4.78, 5) is 5.01. The van der Waals surface area contributed by atoms with Crippen molar-refractivity contribution in [1.82, 2.24) is 25.2 Å². The molecule has 0 aliphatic heterocycles. The zero-order valence-corrected chi connectivity index (χ0v) is 9.64. The van der Waals surface area contributed by atoms with Crippen molar-refractivity contribution in [2.45, 2.75) is 0 Å². The molecular weight excluding hydrogens is 249 g/mol. The molecule has 94 valence electrons. The van der Waals surface area contributed by atoms with Crippen molar-refractivity contribution in [2.24, 2.45) is 0 Å². The summed E-state index contributed by atoms with van der Waals surface area (Å²) in [7, 11) is 0. The van der Waals surface area contributed by atoms with Gasteiger partial charge in [0.05, 0.1) is 6.20 Å². The van der Waals surface area contributed by atoms with Gasteiger partial charge in [-0.1, -0.05) is 0 Å². The standard InChI is InChI=1S/C12H8FN5O/c13-11-6-9(19-10-2-1-5-14-7-10)3-4-12(11)18-16-8-15-17-18/h1-8H. The van der Waals surface area contributed by atoms with Crippen LogP contribution in [0.3, 0.4) is 0 Å². The Morgan fingerprint density at radius 1 is 1.16 bits per heavy atom. The molecule has 7 heteroatoms. The Balaban J connectivity index is 1.88. The zero-order chi connectivity index (χ0) is 13.1. The molecule has 0 N–H and O–H groups in total. The van der Waals surface area contributed by atoms with Gasteiger partial charge in [0.15, 0.2) is 12.1 Å². The van der Waals surface area contributed by atoms with Crippen LogP contribution in [0.25, 0.3) is 5.69 Å². The lowest BCUT2D eigenvalue weighted by molar-refractivity contribution is 0.473. The molecule has 0 saturated heterocycles. The highest BCUT2D eigenvalue weighted by atomic mass is 19.1. The number of ether oxygens (including phenoxy) is 1. The van der Waals surface area contributed by atoms with Gasteiger partial charge in [0, 0.05) is 12.3 Å². The van der Waals surface area contributed by atoms with Crippen LogP contribution in [0.1, 0.15) is 0 Å². The summed E-state index contributed by atoms with van der Waals surface area (Å²) in [5, 5.41) is 10.9. The first kappa shape index (κ1) is 11.3. The molecule has 2 heterocycles. The Bertz CT molecular complexity index is 672. The van der Waals surface area contributed by atoms with Crippen LogP contribution >= 0.6 is 0 Å². The molecular formula is C12H8FN5O. The first-order chi connectivity index (χ1) is 9.33. The molecule has 3 aromatic rings. The molecule has 1 aromatic carbocycles. The summed E-state index contributed by atoms with van der Waals surface area (Å²) in [5.41, 5.74) is 0.205. The van der Waals surface area contributed by atoms with Gasteiger partial charge in [0.25, 0.3) is 0 Å². The molecule has 3 rings (SSSR count). The maximum Gasteiger partial charge on any atom is 0.162 e. The Labute approximate surface area is 107 Å². The molecule has 19 heavy (non-hydrogen) atoms. The van der Waals surface area contributed by atoms with Gasteiger partial charge in [-0.25, -0.2) is 4.39 Å². The van der Waals surface area contributed by atoms with E-state index >= 15 is 0 Å². The molecule has 0 atom stereocenters. The highest BCUT2D eigenvalue weighted by Crippen LogP contribution is 2.23. The van der Waals surface area contributed by atoms with Gasteiger partial charge in [-0.05, 0) is 29.5 Å². The van der Waals surface area contributed by atoms with E-state index in [9.17, 15) is 4.39 Å². The lowest BCUT2D eigenvalue weighted by Gasteiger charge is -2.06. The van der Waals surface area contributed by atoms with Crippen LogP contribution in [0.15, 0.2) is 49.1 Å². The largest absolute Gasteiger partial charge is 0.456 e. The zero-order valence-electron chi connectivity index (χ0n) is 9.64. The van der Waals surface area contributed by atoms with Crippen molar-refractivity contribution in [2.75, 3.05) is 0 Å². The van der Waals surface area contributed by atoms with Crippen LogP contribution < -0.4 is 4.74 Å². The van der Waals surface area contributed by atoms with Crippen molar-refractivity contribution in [3.05, 3.63) is 54.9 Å². The molecule has 0 radical (unpaired) electrons. The van der Waals surface area contributed by atoms with Crippen molar-refractivity contribution < 1.29 is 9.13 Å². The highest BCUT2D eigenvalue weighted by Gasteiger charge is 2.08. The van der Waals surface area contributed by atoms with Crippen LogP contribution in [0.5, 0.6) is 11.5 Å². The minimum Gasteiger partial charge on any atom is -0.456 e. The van der Waals surface area contributed by atoms with Crippen molar-refractivity contribution in [3.8, 4) is 17.2 Å². The summed E-state index contributed by atoms with van der Waals surface area (Å²) >= 11 is 0. The van der Waals surface area contributed by atoms with Crippen LogP contribution in [0.2, 0.25) is 0 Å². The van der Waals surface area contributed by atoms with Gasteiger partial charge >= 0.3 is 0 Å². The molecule has 6 nitrogen and oxygen atoms in total. The van der Waals surface area contributed by atoms with Crippen molar-refractivity contribution >= 4 is 0 Å². The highest BCUT2D eigenvalue weighted by molar-refractivity contribution is 5.39. The van der Waals surface area contributed by atoms with Crippen LogP contribution in [0, 0.1) is 5.82 Å². The van der Waals surface area contributed by atoms with Crippen LogP contribution in [-0.2, 0) is 0 Å². The maximum atomic E-state index is 13.9. The summed E-state index contributed by atoms with van der Waals surface area (Å²) in [6.45, 7) is 0. The Kier molecular flexibility index (Phi) is 2.85. The van der Waals surface area contributed by atoms with Gasteiger partial charge < -0.3 is 4.74 Å². The van der Waals surface area contributed by atoms with E-state index in [2.05, 4.69) is 20.4 Å². The SMILES string of the molecule is Fc1cc(Oc2cccnc2)ccc1-n1ncnn1. The second kappa shape index (κ2) is 4.81. The number of pyridine rings is 1. The third-order valence-corrected chi connectivity index (χ3v) is 2.35. The first-order valence-corrected chi connectivity index (χ1v) is 5.44. The van der Waals surface area contributed by atoms with Gasteiger partial charge in [0.1, 0.15) is 17.2 Å². The Morgan fingerprint density at radius 2 is 2.11 bits per heavy atom. The first-order valence-electron chi connectivity index (χ1n) is 5.44. The van der Waals surface area contributed by atoms with E-state index in [0.29, 0.717) is 11.5 Å². The molecule has 0 saturated carbocycles. The van der Waals surface area contributed by atoms with E-state index in [4.69, 9.17) is 4.74 Å². The molecule has 0 aliphatic carbocycles. The number of rotatable bonds is 3. The predicted molar refractivity (Wildman–Crippen MR) is 63.4 cm³/mol. The van der Waals surface area contributed by atoms with Gasteiger partial charge in [-0.15, -0.1) is 15.0 Å². The number of hydrogen-bond acceptors (Lipinski definition) is 5. The second-order valence-electron chi connectivity index (χ2n) is 3.63. The number of aromatic nitrogens is 5. The average molecular weight is 257 g/mol. The maximum absolute atomic E-state index is 13.9. The minimum absolute atomic E-state index is 0.205. The van der Waals surface area contributed by atoms with Gasteiger partial charge in [0.2, 0.25) is 0 Å². The molecule has 0 amide bonds. The lowest BCUT2D eigenvalue weighted by atomic mass is 10.3. The number of nitrogens with zero attached hydrogens (tertiary/aromatic N) is 5. The van der Waals surface area contributed by atoms with E-state index in [0.717, 1.165) is 4.80 Å². The molecule has 2 aromatic heterocycles. The third-order valence-electron chi connectivity index (χ3n) is 2.35. The number of tetrazole rings is 1. The Morgan fingerprint density at radius 3 is 2.79 bits per heavy atom. The van der Waals surface area contributed by atoms with E-state index in [1.54, 1.807) is 30.6 Å². The molecule has 0 aliphatic rings. The summed E-state index contributed by atoms with van der Waals surface area (Å²) in [5.74, 6) is 0.405. The number of hydrogen-bond donors (Lipinski definition) is 0. The topological polar surface area (TPSA) is 65.7 Å². The normalized spacial score (nSPS) is 10.4. The van der Waals surface area contributed by atoms with E-state index in [-0.39, 0.29) is 5.69 Å². The van der Waals surface area contributed by atoms with Crippen LogP contribution in [0.4, 0.5) is 4.39 Å². The van der Waals surface area contributed by atoms with Crippen molar-refractivity contribution in [3.63, 3.8) is 0 Å². The quantitative estimate of drug-likeness (QED) is 0.717. The lowest BCUT2D eigenvalue weighted by Crippen LogP contribution is -2.02. The van der Waals surface area contributed by atoms with Crippen molar-refractivity contribution in [1.29, 1.82) is 0 Å². The van der Waals surface area contributed by atoms with Gasteiger partial charge in [-0.3, -0.25) is 4.98 Å². The fourth-order valence-corrected chi connectivity index (χ4v) is 1.53. The predicted octanol–water partition coefficient (Wildman–Crippen LogP) is 1.99. The monoisotopic (exact) mass is 257 g/mol. The molecule has 0 unspecified atom stereocenters. The van der Waals surface area contributed by atoms with Crippen LogP contribution in [-0.4, -0.2) is 25.2 Å². The Hall–Kier alpha value is -2.83. The summed E-state index contributed by atoms with van der Waals surface area (Å²) < 4.78 is 19.4. The van der Waals surface area contributed by atoms with E-state index in [1.807, 2.05) is 0 Å². The molecule has 0 fully saturated rings.